The van der Waals surface area contributed by atoms with Gasteiger partial charge in [0.15, 0.2) is 5.78 Å². The number of ketones is 1. The maximum absolute atomic E-state index is 10.9. The normalized spacial score (nSPS) is 10.8. The fourth-order valence-electron chi connectivity index (χ4n) is 1.32. The summed E-state index contributed by atoms with van der Waals surface area (Å²) in [6, 6.07) is 8.22. The zero-order valence-electron chi connectivity index (χ0n) is 8.87. The van der Waals surface area contributed by atoms with Gasteiger partial charge in [-0.25, -0.2) is 0 Å². The van der Waals surface area contributed by atoms with Crippen LogP contribution in [0.15, 0.2) is 30.3 Å². The molecule has 2 heteroatoms. The summed E-state index contributed by atoms with van der Waals surface area (Å²) < 4.78 is 0. The SMILES string of the molecule is CCCc1ccc(C=CC(=O)CCl)cc1. The summed E-state index contributed by atoms with van der Waals surface area (Å²) in [6.45, 7) is 2.16. The molecule has 80 valence electrons. The first kappa shape index (κ1) is 12.0. The minimum absolute atomic E-state index is 0.0460. The van der Waals surface area contributed by atoms with E-state index in [1.807, 2.05) is 12.1 Å². The van der Waals surface area contributed by atoms with Crippen molar-refractivity contribution in [3.8, 4) is 0 Å². The van der Waals surface area contributed by atoms with Crippen LogP contribution in [0, 0.1) is 0 Å². The van der Waals surface area contributed by atoms with Crippen LogP contribution < -0.4 is 0 Å². The van der Waals surface area contributed by atoms with Crippen LogP contribution in [0.4, 0.5) is 0 Å². The average molecular weight is 223 g/mol. The molecular formula is C13H15ClO. The second kappa shape index (κ2) is 6.41. The van der Waals surface area contributed by atoms with Crippen molar-refractivity contribution < 1.29 is 4.79 Å². The molecule has 0 saturated heterocycles. The first-order chi connectivity index (χ1) is 7.26. The quantitative estimate of drug-likeness (QED) is 0.551. The molecule has 0 saturated carbocycles. The Balaban J connectivity index is 2.64. The highest BCUT2D eigenvalue weighted by Crippen LogP contribution is 2.08. The summed E-state index contributed by atoms with van der Waals surface area (Å²) in [7, 11) is 0. The number of benzene rings is 1. The third-order valence-corrected chi connectivity index (χ3v) is 2.38. The Morgan fingerprint density at radius 3 is 2.53 bits per heavy atom. The molecule has 0 heterocycles. The standard InChI is InChI=1S/C13H15ClO/c1-2-3-11-4-6-12(7-5-11)8-9-13(15)10-14/h4-9H,2-3,10H2,1H3. The van der Waals surface area contributed by atoms with Gasteiger partial charge in [0.1, 0.15) is 0 Å². The van der Waals surface area contributed by atoms with Crippen LogP contribution in [0.2, 0.25) is 0 Å². The largest absolute Gasteiger partial charge is 0.294 e. The lowest BCUT2D eigenvalue weighted by Crippen LogP contribution is -1.91. The van der Waals surface area contributed by atoms with E-state index in [0.29, 0.717) is 0 Å². The molecule has 0 atom stereocenters. The summed E-state index contributed by atoms with van der Waals surface area (Å²) in [6.07, 6.45) is 5.56. The second-order valence-electron chi connectivity index (χ2n) is 3.42. The molecule has 0 aliphatic carbocycles. The highest BCUT2D eigenvalue weighted by atomic mass is 35.5. The predicted molar refractivity (Wildman–Crippen MR) is 65.2 cm³/mol. The Morgan fingerprint density at radius 2 is 2.00 bits per heavy atom. The van der Waals surface area contributed by atoms with Crippen LogP contribution >= 0.6 is 11.6 Å². The molecule has 0 unspecified atom stereocenters. The van der Waals surface area contributed by atoms with Gasteiger partial charge in [-0.2, -0.15) is 0 Å². The number of allylic oxidation sites excluding steroid dienone is 1. The molecule has 0 bridgehead atoms. The van der Waals surface area contributed by atoms with Gasteiger partial charge in [-0.15, -0.1) is 11.6 Å². The average Bonchev–Trinajstić information content (AvgIpc) is 2.28. The number of hydrogen-bond donors (Lipinski definition) is 0. The van der Waals surface area contributed by atoms with Crippen LogP contribution in [0.5, 0.6) is 0 Å². The van der Waals surface area contributed by atoms with E-state index in [-0.39, 0.29) is 11.7 Å². The minimum Gasteiger partial charge on any atom is -0.294 e. The molecule has 0 aliphatic rings. The van der Waals surface area contributed by atoms with Crippen LogP contribution in [0.3, 0.4) is 0 Å². The lowest BCUT2D eigenvalue weighted by Gasteiger charge is -1.98. The van der Waals surface area contributed by atoms with Crippen molar-refractivity contribution in [2.24, 2.45) is 0 Å². The smallest absolute Gasteiger partial charge is 0.170 e. The van der Waals surface area contributed by atoms with E-state index in [0.717, 1.165) is 18.4 Å². The van der Waals surface area contributed by atoms with Crippen molar-refractivity contribution in [3.63, 3.8) is 0 Å². The number of aryl methyl sites for hydroxylation is 1. The van der Waals surface area contributed by atoms with Crippen molar-refractivity contribution in [1.29, 1.82) is 0 Å². The number of carbonyl (C=O) groups is 1. The fraction of sp³-hybridized carbons (Fsp3) is 0.308. The third kappa shape index (κ3) is 4.30. The van der Waals surface area contributed by atoms with Crippen LogP contribution in [0.1, 0.15) is 24.5 Å². The number of rotatable bonds is 5. The first-order valence-corrected chi connectivity index (χ1v) is 5.65. The van der Waals surface area contributed by atoms with Crippen molar-refractivity contribution in [2.75, 3.05) is 5.88 Å². The Labute approximate surface area is 95.8 Å². The van der Waals surface area contributed by atoms with Gasteiger partial charge in [-0.1, -0.05) is 43.7 Å². The molecule has 1 aromatic carbocycles. The molecule has 0 fully saturated rings. The highest BCUT2D eigenvalue weighted by molar-refractivity contribution is 6.29. The molecule has 0 aliphatic heterocycles. The molecule has 15 heavy (non-hydrogen) atoms. The molecule has 0 aromatic heterocycles. The lowest BCUT2D eigenvalue weighted by atomic mass is 10.1. The van der Waals surface area contributed by atoms with Crippen molar-refractivity contribution >= 4 is 23.5 Å². The van der Waals surface area contributed by atoms with Crippen molar-refractivity contribution in [3.05, 3.63) is 41.5 Å². The van der Waals surface area contributed by atoms with E-state index in [1.54, 1.807) is 6.08 Å². The molecule has 0 spiro atoms. The number of alkyl halides is 1. The molecule has 1 nitrogen and oxygen atoms in total. The number of halogens is 1. The van der Waals surface area contributed by atoms with Crippen molar-refractivity contribution in [2.45, 2.75) is 19.8 Å². The second-order valence-corrected chi connectivity index (χ2v) is 3.69. The van der Waals surface area contributed by atoms with E-state index in [9.17, 15) is 4.79 Å². The Morgan fingerprint density at radius 1 is 1.33 bits per heavy atom. The summed E-state index contributed by atoms with van der Waals surface area (Å²) in [4.78, 5) is 10.9. The molecular weight excluding hydrogens is 208 g/mol. The van der Waals surface area contributed by atoms with E-state index in [2.05, 4.69) is 19.1 Å². The molecule has 0 amide bonds. The van der Waals surface area contributed by atoms with Gasteiger partial charge in [-0.3, -0.25) is 4.79 Å². The van der Waals surface area contributed by atoms with Gasteiger partial charge < -0.3 is 0 Å². The number of hydrogen-bond acceptors (Lipinski definition) is 1. The van der Waals surface area contributed by atoms with Crippen LogP contribution in [-0.2, 0) is 11.2 Å². The highest BCUT2D eigenvalue weighted by Gasteiger charge is 1.93. The summed E-state index contributed by atoms with van der Waals surface area (Å²) >= 11 is 5.38. The maximum Gasteiger partial charge on any atom is 0.170 e. The minimum atomic E-state index is -0.0608. The van der Waals surface area contributed by atoms with Gasteiger partial charge in [0.05, 0.1) is 5.88 Å². The fourth-order valence-corrected chi connectivity index (χ4v) is 1.41. The van der Waals surface area contributed by atoms with Crippen LogP contribution in [-0.4, -0.2) is 11.7 Å². The molecule has 1 rings (SSSR count). The van der Waals surface area contributed by atoms with Gasteiger partial charge in [0.25, 0.3) is 0 Å². The zero-order chi connectivity index (χ0) is 11.1. The van der Waals surface area contributed by atoms with E-state index >= 15 is 0 Å². The van der Waals surface area contributed by atoms with Crippen LogP contribution in [0.25, 0.3) is 6.08 Å². The van der Waals surface area contributed by atoms with Gasteiger partial charge >= 0.3 is 0 Å². The molecule has 1 aromatic rings. The maximum atomic E-state index is 10.9. The van der Waals surface area contributed by atoms with E-state index in [1.165, 1.54) is 11.6 Å². The lowest BCUT2D eigenvalue weighted by molar-refractivity contribution is -0.112. The van der Waals surface area contributed by atoms with Gasteiger partial charge in [0, 0.05) is 0 Å². The summed E-state index contributed by atoms with van der Waals surface area (Å²) in [5.74, 6) is -0.0148. The van der Waals surface area contributed by atoms with Gasteiger partial charge in [0.2, 0.25) is 0 Å². The summed E-state index contributed by atoms with van der Waals surface area (Å²) in [5.41, 5.74) is 2.37. The zero-order valence-corrected chi connectivity index (χ0v) is 9.63. The van der Waals surface area contributed by atoms with Crippen molar-refractivity contribution in [1.82, 2.24) is 0 Å². The Bertz CT molecular complexity index is 338. The van der Waals surface area contributed by atoms with E-state index in [4.69, 9.17) is 11.6 Å². The van der Waals surface area contributed by atoms with E-state index < -0.39 is 0 Å². The molecule has 0 N–H and O–H groups in total. The number of carbonyl (C=O) groups excluding carboxylic acids is 1. The Kier molecular flexibility index (Phi) is 5.13. The van der Waals surface area contributed by atoms with Gasteiger partial charge in [-0.05, 0) is 23.6 Å². The third-order valence-electron chi connectivity index (χ3n) is 2.11. The molecule has 0 radical (unpaired) electrons. The Hall–Kier alpha value is -1.08. The summed E-state index contributed by atoms with van der Waals surface area (Å²) in [5, 5.41) is 0. The topological polar surface area (TPSA) is 17.1 Å². The monoisotopic (exact) mass is 222 g/mol. The first-order valence-electron chi connectivity index (χ1n) is 5.12. The predicted octanol–water partition coefficient (Wildman–Crippen LogP) is 3.46.